The zero-order chi connectivity index (χ0) is 13.4. The summed E-state index contributed by atoms with van der Waals surface area (Å²) in [5, 5.41) is 8.28. The summed E-state index contributed by atoms with van der Waals surface area (Å²) >= 11 is 0. The first-order valence-corrected chi connectivity index (χ1v) is 5.01. The van der Waals surface area contributed by atoms with E-state index in [1.807, 2.05) is 5.48 Å². The van der Waals surface area contributed by atoms with Gasteiger partial charge in [0.05, 0.1) is 7.11 Å². The number of aliphatic carboxylic acids is 1. The predicted octanol–water partition coefficient (Wildman–Crippen LogP) is 0.206. The van der Waals surface area contributed by atoms with Crippen LogP contribution in [0.2, 0.25) is 0 Å². The van der Waals surface area contributed by atoms with Crippen LogP contribution in [0.1, 0.15) is 0 Å². The number of nitrogens with one attached hydrogen (secondary N) is 1. The zero-order valence-electron chi connectivity index (χ0n) is 9.71. The Labute approximate surface area is 103 Å². The monoisotopic (exact) mass is 255 g/mol. The molecule has 98 valence electrons. The van der Waals surface area contributed by atoms with E-state index >= 15 is 0 Å². The van der Waals surface area contributed by atoms with Crippen LogP contribution < -0.4 is 15.0 Å². The molecular weight excluding hydrogens is 242 g/mol. The van der Waals surface area contributed by atoms with Crippen molar-refractivity contribution in [3.63, 3.8) is 0 Å². The average molecular weight is 255 g/mol. The van der Waals surface area contributed by atoms with Gasteiger partial charge in [0, 0.05) is 0 Å². The Bertz CT molecular complexity index is 420. The maximum absolute atomic E-state index is 11.2. The molecule has 1 aromatic carbocycles. The molecule has 1 aromatic rings. The summed E-state index contributed by atoms with van der Waals surface area (Å²) in [5.41, 5.74) is 1.94. The first-order valence-electron chi connectivity index (χ1n) is 5.01. The molecule has 7 heteroatoms. The molecule has 0 unspecified atom stereocenters. The van der Waals surface area contributed by atoms with E-state index < -0.39 is 18.5 Å². The molecule has 0 fully saturated rings. The fraction of sp³-hybridized carbons (Fsp3) is 0.273. The van der Waals surface area contributed by atoms with Crippen LogP contribution in [0.5, 0.6) is 11.5 Å². The minimum Gasteiger partial charge on any atom is -0.493 e. The van der Waals surface area contributed by atoms with E-state index in [0.29, 0.717) is 11.5 Å². The number of methoxy groups -OCH3 is 1. The van der Waals surface area contributed by atoms with Gasteiger partial charge in [-0.05, 0) is 12.1 Å². The van der Waals surface area contributed by atoms with E-state index in [0.717, 1.165) is 0 Å². The SMILES string of the molecule is COc1ccccc1OCC(=O)NOCC(=O)O. The van der Waals surface area contributed by atoms with Crippen molar-refractivity contribution in [2.45, 2.75) is 0 Å². The number of hydrogen-bond acceptors (Lipinski definition) is 5. The Morgan fingerprint density at radius 1 is 1.22 bits per heavy atom. The van der Waals surface area contributed by atoms with Crippen LogP contribution in [0.15, 0.2) is 24.3 Å². The molecule has 0 aliphatic rings. The molecule has 0 radical (unpaired) electrons. The quantitative estimate of drug-likeness (QED) is 0.676. The third-order valence-electron chi connectivity index (χ3n) is 1.81. The van der Waals surface area contributed by atoms with Crippen molar-refractivity contribution in [3.05, 3.63) is 24.3 Å². The molecule has 1 rings (SSSR count). The normalized spacial score (nSPS) is 9.61. The summed E-state index contributed by atoms with van der Waals surface area (Å²) in [4.78, 5) is 25.7. The van der Waals surface area contributed by atoms with Gasteiger partial charge < -0.3 is 14.6 Å². The van der Waals surface area contributed by atoms with E-state index in [-0.39, 0.29) is 6.61 Å². The van der Waals surface area contributed by atoms with E-state index in [9.17, 15) is 9.59 Å². The lowest BCUT2D eigenvalue weighted by Gasteiger charge is -2.09. The van der Waals surface area contributed by atoms with Crippen molar-refractivity contribution < 1.29 is 29.0 Å². The summed E-state index contributed by atoms with van der Waals surface area (Å²) in [7, 11) is 1.48. The maximum atomic E-state index is 11.2. The fourth-order valence-electron chi connectivity index (χ4n) is 1.09. The second-order valence-corrected chi connectivity index (χ2v) is 3.15. The number of hydroxylamine groups is 1. The standard InChI is InChI=1S/C11H13NO6/c1-16-8-4-2-3-5-9(8)17-6-10(13)12-18-7-11(14)15/h2-5H,6-7H2,1H3,(H,12,13)(H,14,15). The van der Waals surface area contributed by atoms with Crippen LogP contribution in [0, 0.1) is 0 Å². The van der Waals surface area contributed by atoms with Gasteiger partial charge in [-0.3, -0.25) is 9.63 Å². The molecule has 18 heavy (non-hydrogen) atoms. The summed E-state index contributed by atoms with van der Waals surface area (Å²) < 4.78 is 10.2. The highest BCUT2D eigenvalue weighted by atomic mass is 16.7. The van der Waals surface area contributed by atoms with Gasteiger partial charge in [0.15, 0.2) is 24.7 Å². The number of rotatable bonds is 7. The van der Waals surface area contributed by atoms with Gasteiger partial charge in [0.25, 0.3) is 5.91 Å². The topological polar surface area (TPSA) is 94.1 Å². The molecule has 7 nitrogen and oxygen atoms in total. The van der Waals surface area contributed by atoms with Crippen LogP contribution in [-0.4, -0.2) is 37.3 Å². The minimum absolute atomic E-state index is 0.306. The Morgan fingerprint density at radius 2 is 1.89 bits per heavy atom. The largest absolute Gasteiger partial charge is 0.493 e. The van der Waals surface area contributed by atoms with Crippen molar-refractivity contribution in [3.8, 4) is 11.5 Å². The van der Waals surface area contributed by atoms with Gasteiger partial charge in [-0.15, -0.1) is 0 Å². The molecule has 0 spiro atoms. The van der Waals surface area contributed by atoms with Gasteiger partial charge in [0.1, 0.15) is 0 Å². The third-order valence-corrected chi connectivity index (χ3v) is 1.81. The Morgan fingerprint density at radius 3 is 2.50 bits per heavy atom. The number of ether oxygens (including phenoxy) is 2. The van der Waals surface area contributed by atoms with Crippen LogP contribution in [-0.2, 0) is 14.4 Å². The van der Waals surface area contributed by atoms with E-state index in [2.05, 4.69) is 4.84 Å². The second kappa shape index (κ2) is 7.13. The lowest BCUT2D eigenvalue weighted by molar-refractivity contribution is -0.149. The van der Waals surface area contributed by atoms with Crippen LogP contribution >= 0.6 is 0 Å². The highest BCUT2D eigenvalue weighted by molar-refractivity contribution is 5.76. The molecule has 0 saturated heterocycles. The highest BCUT2D eigenvalue weighted by Crippen LogP contribution is 2.25. The first-order chi connectivity index (χ1) is 8.63. The van der Waals surface area contributed by atoms with Crippen molar-refractivity contribution in [1.82, 2.24) is 5.48 Å². The van der Waals surface area contributed by atoms with Crippen molar-refractivity contribution in [2.75, 3.05) is 20.3 Å². The van der Waals surface area contributed by atoms with Crippen molar-refractivity contribution in [2.24, 2.45) is 0 Å². The Kier molecular flexibility index (Phi) is 5.46. The van der Waals surface area contributed by atoms with E-state index in [1.165, 1.54) is 7.11 Å². The van der Waals surface area contributed by atoms with Crippen molar-refractivity contribution >= 4 is 11.9 Å². The van der Waals surface area contributed by atoms with E-state index in [4.69, 9.17) is 14.6 Å². The average Bonchev–Trinajstić information content (AvgIpc) is 2.36. The number of hydrogen-bond donors (Lipinski definition) is 2. The third kappa shape index (κ3) is 4.71. The number of benzene rings is 1. The van der Waals surface area contributed by atoms with Crippen LogP contribution in [0.25, 0.3) is 0 Å². The molecule has 2 N–H and O–H groups in total. The molecule has 0 heterocycles. The number of para-hydroxylation sites is 2. The van der Waals surface area contributed by atoms with Gasteiger partial charge in [-0.25, -0.2) is 10.3 Å². The second-order valence-electron chi connectivity index (χ2n) is 3.15. The van der Waals surface area contributed by atoms with E-state index in [1.54, 1.807) is 24.3 Å². The molecule has 0 bridgehead atoms. The van der Waals surface area contributed by atoms with Gasteiger partial charge >= 0.3 is 5.97 Å². The molecule has 0 atom stereocenters. The molecule has 0 aliphatic carbocycles. The number of amides is 1. The number of carboxylic acid groups (broad SMARTS) is 1. The summed E-state index contributed by atoms with van der Waals surface area (Å²) in [5.74, 6) is -0.867. The van der Waals surface area contributed by atoms with Crippen LogP contribution in [0.4, 0.5) is 0 Å². The first kappa shape index (κ1) is 13.8. The fourth-order valence-corrected chi connectivity index (χ4v) is 1.09. The highest BCUT2D eigenvalue weighted by Gasteiger charge is 2.07. The Balaban J connectivity index is 2.35. The molecule has 0 aromatic heterocycles. The van der Waals surface area contributed by atoms with Crippen LogP contribution in [0.3, 0.4) is 0 Å². The summed E-state index contributed by atoms with van der Waals surface area (Å²) in [6.45, 7) is -0.916. The predicted molar refractivity (Wildman–Crippen MR) is 60.2 cm³/mol. The number of carbonyl (C=O) groups is 2. The molecule has 0 aliphatic heterocycles. The van der Waals surface area contributed by atoms with Gasteiger partial charge in [0.2, 0.25) is 0 Å². The molecule has 0 saturated carbocycles. The van der Waals surface area contributed by atoms with Gasteiger partial charge in [-0.1, -0.05) is 12.1 Å². The van der Waals surface area contributed by atoms with Gasteiger partial charge in [-0.2, -0.15) is 0 Å². The summed E-state index contributed by atoms with van der Waals surface area (Å²) in [6.07, 6.45) is 0. The number of carboxylic acids is 1. The molecular formula is C11H13NO6. The summed E-state index contributed by atoms with van der Waals surface area (Å²) in [6, 6.07) is 6.83. The Hall–Kier alpha value is -2.28. The lowest BCUT2D eigenvalue weighted by Crippen LogP contribution is -2.31. The maximum Gasteiger partial charge on any atom is 0.332 e. The zero-order valence-corrected chi connectivity index (χ0v) is 9.71. The lowest BCUT2D eigenvalue weighted by atomic mass is 10.3. The smallest absolute Gasteiger partial charge is 0.332 e. The molecule has 1 amide bonds. The van der Waals surface area contributed by atoms with Crippen molar-refractivity contribution in [1.29, 1.82) is 0 Å². The minimum atomic E-state index is -1.18. The number of carbonyl (C=O) groups excluding carboxylic acids is 1.